The van der Waals surface area contributed by atoms with E-state index in [1.54, 1.807) is 0 Å². The van der Waals surface area contributed by atoms with Crippen LogP contribution >= 0.6 is 0 Å². The van der Waals surface area contributed by atoms with Gasteiger partial charge in [-0.3, -0.25) is 4.98 Å². The summed E-state index contributed by atoms with van der Waals surface area (Å²) in [5, 5.41) is 9.33. The van der Waals surface area contributed by atoms with E-state index in [0.29, 0.717) is 0 Å². The van der Waals surface area contributed by atoms with Crippen molar-refractivity contribution >= 4 is 65.3 Å². The summed E-state index contributed by atoms with van der Waals surface area (Å²) in [5.41, 5.74) is 10.1. The maximum atomic E-state index is 6.49. The Morgan fingerprint density at radius 1 is 0.404 bits per heavy atom. The fourth-order valence-corrected chi connectivity index (χ4v) is 7.17. The minimum absolute atomic E-state index is 0.862. The van der Waals surface area contributed by atoms with Crippen LogP contribution in [0.4, 0.5) is 0 Å². The standard InChI is InChI=1S/C44H26N2O/c1-2-10-31-25-41-39(24-30(31)9-1)38-18-8-17-33(44(38)47-41)28-21-19-27(20-22-28)29-11-7-12-32(23-29)40-26-45-42-36-15-5-3-13-34(36)35-14-4-6-16-37(35)43(42)46-40/h1-26H. The van der Waals surface area contributed by atoms with Gasteiger partial charge in [-0.1, -0.05) is 133 Å². The normalized spacial score (nSPS) is 11.8. The lowest BCUT2D eigenvalue weighted by Crippen LogP contribution is -1.92. The van der Waals surface area contributed by atoms with Crippen molar-refractivity contribution in [3.8, 4) is 33.5 Å². The van der Waals surface area contributed by atoms with E-state index in [0.717, 1.165) is 77.3 Å². The molecule has 10 rings (SSSR count). The van der Waals surface area contributed by atoms with E-state index < -0.39 is 0 Å². The third-order valence-electron chi connectivity index (χ3n) is 9.48. The first-order chi connectivity index (χ1) is 23.3. The molecule has 0 aliphatic heterocycles. The Bertz CT molecular complexity index is 2810. The molecule has 10 aromatic rings. The number of hydrogen-bond acceptors (Lipinski definition) is 3. The fraction of sp³-hybridized carbons (Fsp3) is 0. The highest BCUT2D eigenvalue weighted by Gasteiger charge is 2.15. The average molecular weight is 599 g/mol. The van der Waals surface area contributed by atoms with Crippen LogP contribution in [0.2, 0.25) is 0 Å². The molecule has 0 amide bonds. The Morgan fingerprint density at radius 2 is 1.02 bits per heavy atom. The van der Waals surface area contributed by atoms with E-state index in [1.165, 1.54) is 21.5 Å². The summed E-state index contributed by atoms with van der Waals surface area (Å²) < 4.78 is 6.49. The van der Waals surface area contributed by atoms with Crippen LogP contribution in [0.5, 0.6) is 0 Å². The maximum Gasteiger partial charge on any atom is 0.143 e. The fourth-order valence-electron chi connectivity index (χ4n) is 7.17. The van der Waals surface area contributed by atoms with Gasteiger partial charge in [-0.2, -0.15) is 0 Å². The summed E-state index contributed by atoms with van der Waals surface area (Å²) >= 11 is 0. The summed E-state index contributed by atoms with van der Waals surface area (Å²) in [5.74, 6) is 0. The van der Waals surface area contributed by atoms with Crippen LogP contribution in [0, 0.1) is 0 Å². The van der Waals surface area contributed by atoms with Crippen molar-refractivity contribution in [2.24, 2.45) is 0 Å². The summed E-state index contributed by atoms with van der Waals surface area (Å²) in [6, 6.07) is 53.5. The van der Waals surface area contributed by atoms with Crippen molar-refractivity contribution in [3.63, 3.8) is 0 Å². The van der Waals surface area contributed by atoms with Gasteiger partial charge in [-0.25, -0.2) is 4.98 Å². The van der Waals surface area contributed by atoms with E-state index in [4.69, 9.17) is 14.4 Å². The van der Waals surface area contributed by atoms with Crippen molar-refractivity contribution in [1.82, 2.24) is 9.97 Å². The highest BCUT2D eigenvalue weighted by atomic mass is 16.3. The lowest BCUT2D eigenvalue weighted by atomic mass is 9.97. The minimum atomic E-state index is 0.862. The summed E-state index contributed by atoms with van der Waals surface area (Å²) in [6.07, 6.45) is 1.91. The molecular formula is C44H26N2O. The predicted molar refractivity (Wildman–Crippen MR) is 196 cm³/mol. The smallest absolute Gasteiger partial charge is 0.143 e. The number of benzene rings is 8. The van der Waals surface area contributed by atoms with Crippen LogP contribution in [0.1, 0.15) is 0 Å². The first-order valence-electron chi connectivity index (χ1n) is 15.9. The zero-order chi connectivity index (χ0) is 30.9. The van der Waals surface area contributed by atoms with Gasteiger partial charge in [-0.15, -0.1) is 0 Å². The zero-order valence-electron chi connectivity index (χ0n) is 25.3. The number of furan rings is 1. The van der Waals surface area contributed by atoms with E-state index in [9.17, 15) is 0 Å². The Kier molecular flexibility index (Phi) is 5.57. The molecule has 0 radical (unpaired) electrons. The highest BCUT2D eigenvalue weighted by molar-refractivity contribution is 6.23. The van der Waals surface area contributed by atoms with Gasteiger partial charge in [0.15, 0.2) is 0 Å². The lowest BCUT2D eigenvalue weighted by molar-refractivity contribution is 0.670. The Hall–Kier alpha value is -6.32. The molecule has 0 saturated carbocycles. The molecule has 2 heterocycles. The van der Waals surface area contributed by atoms with Crippen molar-refractivity contribution in [2.45, 2.75) is 0 Å². The Labute approximate surface area is 270 Å². The molecule has 8 aromatic carbocycles. The van der Waals surface area contributed by atoms with E-state index in [1.807, 2.05) is 6.20 Å². The van der Waals surface area contributed by atoms with Gasteiger partial charge in [-0.05, 0) is 56.4 Å². The van der Waals surface area contributed by atoms with Gasteiger partial charge in [0.2, 0.25) is 0 Å². The highest BCUT2D eigenvalue weighted by Crippen LogP contribution is 2.39. The van der Waals surface area contributed by atoms with Gasteiger partial charge < -0.3 is 4.42 Å². The second kappa shape index (κ2) is 10.1. The molecule has 0 bridgehead atoms. The number of para-hydroxylation sites is 1. The van der Waals surface area contributed by atoms with Crippen LogP contribution in [0.25, 0.3) is 98.8 Å². The molecule has 0 saturated heterocycles. The maximum absolute atomic E-state index is 6.49. The summed E-state index contributed by atoms with van der Waals surface area (Å²) in [6.45, 7) is 0. The molecule has 0 unspecified atom stereocenters. The van der Waals surface area contributed by atoms with Crippen molar-refractivity contribution in [1.29, 1.82) is 0 Å². The Morgan fingerprint density at radius 3 is 1.81 bits per heavy atom. The predicted octanol–water partition coefficient (Wildman–Crippen LogP) is 12.0. The number of fused-ring (bicyclic) bond motifs is 10. The summed E-state index contributed by atoms with van der Waals surface area (Å²) in [4.78, 5) is 10.2. The van der Waals surface area contributed by atoms with Crippen LogP contribution in [0.3, 0.4) is 0 Å². The molecule has 0 aliphatic carbocycles. The van der Waals surface area contributed by atoms with Crippen LogP contribution < -0.4 is 0 Å². The van der Waals surface area contributed by atoms with Gasteiger partial charge >= 0.3 is 0 Å². The molecule has 0 atom stereocenters. The van der Waals surface area contributed by atoms with Gasteiger partial charge in [0.1, 0.15) is 11.2 Å². The first kappa shape index (κ1) is 26.0. The quantitative estimate of drug-likeness (QED) is 0.190. The molecule has 47 heavy (non-hydrogen) atoms. The van der Waals surface area contributed by atoms with E-state index in [-0.39, 0.29) is 0 Å². The average Bonchev–Trinajstić information content (AvgIpc) is 3.51. The zero-order valence-corrected chi connectivity index (χ0v) is 25.3. The molecule has 2 aromatic heterocycles. The molecule has 0 aliphatic rings. The number of hydrogen-bond donors (Lipinski definition) is 0. The molecule has 0 fully saturated rings. The third-order valence-corrected chi connectivity index (χ3v) is 9.48. The van der Waals surface area contributed by atoms with Crippen molar-refractivity contribution in [3.05, 3.63) is 158 Å². The number of rotatable bonds is 3. The molecule has 3 heteroatoms. The minimum Gasteiger partial charge on any atom is -0.455 e. The second-order valence-corrected chi connectivity index (χ2v) is 12.2. The first-order valence-corrected chi connectivity index (χ1v) is 15.9. The molecular weight excluding hydrogens is 572 g/mol. The third kappa shape index (κ3) is 4.07. The second-order valence-electron chi connectivity index (χ2n) is 12.2. The van der Waals surface area contributed by atoms with Crippen molar-refractivity contribution in [2.75, 3.05) is 0 Å². The van der Waals surface area contributed by atoms with Crippen LogP contribution in [0.15, 0.2) is 162 Å². The van der Waals surface area contributed by atoms with E-state index in [2.05, 4.69) is 152 Å². The van der Waals surface area contributed by atoms with E-state index >= 15 is 0 Å². The molecule has 0 spiro atoms. The topological polar surface area (TPSA) is 38.9 Å². The number of aromatic nitrogens is 2. The SMILES string of the molecule is c1cc(-c2ccc(-c3cccc4c3oc3cc5ccccc5cc34)cc2)cc(-c2cnc3c4ccccc4c4ccccc4c3n2)c1. The Balaban J connectivity index is 1.04. The largest absolute Gasteiger partial charge is 0.455 e. The van der Waals surface area contributed by atoms with Gasteiger partial charge in [0, 0.05) is 32.7 Å². The number of nitrogens with zero attached hydrogens (tertiary/aromatic N) is 2. The monoisotopic (exact) mass is 598 g/mol. The van der Waals surface area contributed by atoms with Gasteiger partial charge in [0.05, 0.1) is 22.9 Å². The van der Waals surface area contributed by atoms with Gasteiger partial charge in [0.25, 0.3) is 0 Å². The van der Waals surface area contributed by atoms with Crippen molar-refractivity contribution < 1.29 is 4.42 Å². The molecule has 3 nitrogen and oxygen atoms in total. The van der Waals surface area contributed by atoms with Crippen LogP contribution in [-0.2, 0) is 0 Å². The molecule has 0 N–H and O–H groups in total. The van der Waals surface area contributed by atoms with Crippen LogP contribution in [-0.4, -0.2) is 9.97 Å². The summed E-state index contributed by atoms with van der Waals surface area (Å²) in [7, 11) is 0. The lowest BCUT2D eigenvalue weighted by Gasteiger charge is -2.11. The molecule has 218 valence electrons.